The van der Waals surface area contributed by atoms with Gasteiger partial charge in [-0.15, -0.1) is 0 Å². The minimum Gasteiger partial charge on any atom is -0.335 e. The number of aromatic amines is 1. The lowest BCUT2D eigenvalue weighted by atomic mass is 10.1. The summed E-state index contributed by atoms with van der Waals surface area (Å²) in [6, 6.07) is 8.33. The second kappa shape index (κ2) is 7.29. The van der Waals surface area contributed by atoms with Crippen molar-refractivity contribution in [3.05, 3.63) is 76.2 Å². The zero-order valence-corrected chi connectivity index (χ0v) is 14.9. The van der Waals surface area contributed by atoms with Crippen molar-refractivity contribution in [2.24, 2.45) is 0 Å². The molecule has 2 aromatic heterocycles. The van der Waals surface area contributed by atoms with Gasteiger partial charge in [0.15, 0.2) is 0 Å². The van der Waals surface area contributed by atoms with E-state index in [0.29, 0.717) is 6.07 Å². The number of amides is 1. The maximum atomic E-state index is 12.7. The van der Waals surface area contributed by atoms with E-state index < -0.39 is 29.4 Å². The van der Waals surface area contributed by atoms with Crippen molar-refractivity contribution >= 4 is 5.91 Å². The second-order valence-electron chi connectivity index (χ2n) is 6.14. The molecular weight excluding hydrogens is 375 g/mol. The van der Waals surface area contributed by atoms with Gasteiger partial charge in [0.2, 0.25) is 0 Å². The summed E-state index contributed by atoms with van der Waals surface area (Å²) in [7, 11) is 1.48. The van der Waals surface area contributed by atoms with Gasteiger partial charge in [0.1, 0.15) is 23.9 Å². The summed E-state index contributed by atoms with van der Waals surface area (Å²) in [6.45, 7) is 1.75. The predicted molar refractivity (Wildman–Crippen MR) is 93.9 cm³/mol. The van der Waals surface area contributed by atoms with E-state index in [1.807, 2.05) is 0 Å². The van der Waals surface area contributed by atoms with Gasteiger partial charge in [0.25, 0.3) is 11.5 Å². The minimum absolute atomic E-state index is 0.360. The number of aromatic nitrogens is 4. The van der Waals surface area contributed by atoms with Crippen LogP contribution in [0.3, 0.4) is 0 Å². The van der Waals surface area contributed by atoms with Gasteiger partial charge in [-0.05, 0) is 36.8 Å². The third kappa shape index (κ3) is 3.80. The van der Waals surface area contributed by atoms with Gasteiger partial charge in [-0.3, -0.25) is 9.59 Å². The fourth-order valence-electron chi connectivity index (χ4n) is 2.64. The number of carbonyl (C=O) groups is 1. The van der Waals surface area contributed by atoms with Crippen molar-refractivity contribution in [1.82, 2.24) is 24.6 Å². The van der Waals surface area contributed by atoms with Crippen molar-refractivity contribution in [2.45, 2.75) is 19.1 Å². The molecule has 28 heavy (non-hydrogen) atoms. The van der Waals surface area contributed by atoms with E-state index in [1.54, 1.807) is 47.2 Å². The molecule has 1 unspecified atom stereocenters. The Hall–Kier alpha value is -3.43. The molecule has 0 bridgehead atoms. The topological polar surface area (TPSA) is 83.9 Å². The summed E-state index contributed by atoms with van der Waals surface area (Å²) in [5.74, 6) is -0.678. The number of H-pyrrole nitrogens is 1. The van der Waals surface area contributed by atoms with Gasteiger partial charge >= 0.3 is 6.18 Å². The molecule has 1 amide bonds. The van der Waals surface area contributed by atoms with Crippen LogP contribution >= 0.6 is 0 Å². The Labute approximate surface area is 157 Å². The molecule has 0 saturated heterocycles. The van der Waals surface area contributed by atoms with E-state index in [0.717, 1.165) is 17.3 Å². The third-order valence-corrected chi connectivity index (χ3v) is 4.41. The fourth-order valence-corrected chi connectivity index (χ4v) is 2.64. The van der Waals surface area contributed by atoms with Gasteiger partial charge in [-0.1, -0.05) is 12.1 Å². The Morgan fingerprint density at radius 2 is 1.86 bits per heavy atom. The lowest BCUT2D eigenvalue weighted by Gasteiger charge is -2.25. The van der Waals surface area contributed by atoms with Crippen molar-refractivity contribution in [2.75, 3.05) is 7.05 Å². The number of halogens is 3. The molecule has 0 aliphatic heterocycles. The average molecular weight is 391 g/mol. The quantitative estimate of drug-likeness (QED) is 0.741. The van der Waals surface area contributed by atoms with Gasteiger partial charge in [0, 0.05) is 7.05 Å². The number of benzene rings is 1. The van der Waals surface area contributed by atoms with Crippen molar-refractivity contribution in [3.8, 4) is 5.69 Å². The molecule has 10 heteroatoms. The maximum absolute atomic E-state index is 12.7. The number of carbonyl (C=O) groups excluding carboxylic acids is 1. The molecule has 7 nitrogen and oxygen atoms in total. The first-order valence-corrected chi connectivity index (χ1v) is 8.21. The van der Waals surface area contributed by atoms with Gasteiger partial charge in [0.05, 0.1) is 11.7 Å². The first-order chi connectivity index (χ1) is 13.2. The van der Waals surface area contributed by atoms with Crippen LogP contribution in [-0.2, 0) is 6.18 Å². The highest BCUT2D eigenvalue weighted by Crippen LogP contribution is 2.27. The summed E-state index contributed by atoms with van der Waals surface area (Å²) in [4.78, 5) is 31.4. The standard InChI is InChI=1S/C18H16F3N5O2/c1-11(12-3-5-13(6-4-12)26-10-22-9-23-26)25(2)17(28)14-7-8-15(18(19,20)21)24-16(14)27/h3-11H,1-2H3,(H,24,27). The van der Waals surface area contributed by atoms with Gasteiger partial charge in [-0.2, -0.15) is 18.3 Å². The van der Waals surface area contributed by atoms with E-state index in [1.165, 1.54) is 18.3 Å². The van der Waals surface area contributed by atoms with Crippen molar-refractivity contribution < 1.29 is 18.0 Å². The molecule has 146 valence electrons. The highest BCUT2D eigenvalue weighted by Gasteiger charge is 2.32. The van der Waals surface area contributed by atoms with E-state index >= 15 is 0 Å². The summed E-state index contributed by atoms with van der Waals surface area (Å²) >= 11 is 0. The van der Waals surface area contributed by atoms with E-state index in [2.05, 4.69) is 10.1 Å². The van der Waals surface area contributed by atoms with Gasteiger partial charge in [-0.25, -0.2) is 9.67 Å². The molecule has 0 aliphatic carbocycles. The summed E-state index contributed by atoms with van der Waals surface area (Å²) in [6.07, 6.45) is -1.73. The molecule has 3 rings (SSSR count). The SMILES string of the molecule is CC(c1ccc(-n2cncn2)cc1)N(C)C(=O)c1ccc(C(F)(F)F)[nH]c1=O. The Kier molecular flexibility index (Phi) is 5.04. The first-order valence-electron chi connectivity index (χ1n) is 8.21. The summed E-state index contributed by atoms with van der Waals surface area (Å²) in [5.41, 5.74) is -1.08. The van der Waals surface area contributed by atoms with Crippen LogP contribution in [0, 0.1) is 0 Å². The monoisotopic (exact) mass is 391 g/mol. The molecular formula is C18H16F3N5O2. The minimum atomic E-state index is -4.69. The maximum Gasteiger partial charge on any atom is 0.431 e. The number of pyridine rings is 1. The van der Waals surface area contributed by atoms with Crippen LogP contribution in [0.5, 0.6) is 0 Å². The number of hydrogen-bond acceptors (Lipinski definition) is 4. The Morgan fingerprint density at radius 3 is 2.39 bits per heavy atom. The molecule has 1 atom stereocenters. The summed E-state index contributed by atoms with van der Waals surface area (Å²) < 4.78 is 39.6. The second-order valence-corrected chi connectivity index (χ2v) is 6.14. The van der Waals surface area contributed by atoms with Crippen LogP contribution in [0.1, 0.15) is 34.6 Å². The number of hydrogen-bond donors (Lipinski definition) is 1. The van der Waals surface area contributed by atoms with Crippen LogP contribution in [-0.4, -0.2) is 37.6 Å². The van der Waals surface area contributed by atoms with E-state index in [4.69, 9.17) is 0 Å². The van der Waals surface area contributed by atoms with Crippen molar-refractivity contribution in [1.29, 1.82) is 0 Å². The van der Waals surface area contributed by atoms with Crippen LogP contribution in [0.4, 0.5) is 13.2 Å². The molecule has 3 aromatic rings. The first kappa shape index (κ1) is 19.3. The van der Waals surface area contributed by atoms with Crippen LogP contribution in [0.15, 0.2) is 53.8 Å². The average Bonchev–Trinajstić information content (AvgIpc) is 3.20. The van der Waals surface area contributed by atoms with Gasteiger partial charge < -0.3 is 9.88 Å². The number of rotatable bonds is 4. The number of nitrogens with one attached hydrogen (secondary N) is 1. The van der Waals surface area contributed by atoms with Crippen LogP contribution in [0.2, 0.25) is 0 Å². The lowest BCUT2D eigenvalue weighted by Crippen LogP contribution is -2.34. The molecule has 0 fully saturated rings. The predicted octanol–water partition coefficient (Wildman–Crippen LogP) is 2.81. The Balaban J connectivity index is 1.80. The van der Waals surface area contributed by atoms with E-state index in [9.17, 15) is 22.8 Å². The highest BCUT2D eigenvalue weighted by atomic mass is 19.4. The Bertz CT molecular complexity index is 1030. The molecule has 0 radical (unpaired) electrons. The van der Waals surface area contributed by atoms with Crippen molar-refractivity contribution in [3.63, 3.8) is 0 Å². The zero-order chi connectivity index (χ0) is 20.5. The largest absolute Gasteiger partial charge is 0.431 e. The molecule has 1 N–H and O–H groups in total. The number of nitrogens with zero attached hydrogens (tertiary/aromatic N) is 4. The molecule has 1 aromatic carbocycles. The molecule has 0 aliphatic rings. The zero-order valence-electron chi connectivity index (χ0n) is 14.9. The third-order valence-electron chi connectivity index (χ3n) is 4.41. The highest BCUT2D eigenvalue weighted by molar-refractivity contribution is 5.93. The van der Waals surface area contributed by atoms with Crippen LogP contribution in [0.25, 0.3) is 5.69 Å². The molecule has 2 heterocycles. The van der Waals surface area contributed by atoms with Crippen LogP contribution < -0.4 is 5.56 Å². The normalized spacial score (nSPS) is 12.6. The molecule has 0 saturated carbocycles. The summed E-state index contributed by atoms with van der Waals surface area (Å²) in [5, 5.41) is 4.02. The number of alkyl halides is 3. The fraction of sp³-hybridized carbons (Fsp3) is 0.222. The smallest absolute Gasteiger partial charge is 0.335 e. The Morgan fingerprint density at radius 1 is 1.18 bits per heavy atom. The lowest BCUT2D eigenvalue weighted by molar-refractivity contribution is -0.141. The molecule has 0 spiro atoms. The van der Waals surface area contributed by atoms with E-state index in [-0.39, 0.29) is 5.56 Å².